The van der Waals surface area contributed by atoms with Crippen LogP contribution >= 0.6 is 0 Å². The summed E-state index contributed by atoms with van der Waals surface area (Å²) >= 11 is 0. The van der Waals surface area contributed by atoms with E-state index in [-0.39, 0.29) is 4.90 Å². The Kier molecular flexibility index (Phi) is 2.93. The quantitative estimate of drug-likeness (QED) is 0.772. The molecule has 0 amide bonds. The summed E-state index contributed by atoms with van der Waals surface area (Å²) in [5.74, 6) is -1.90. The molecule has 2 aromatic rings. The zero-order valence-corrected chi connectivity index (χ0v) is 9.42. The highest BCUT2D eigenvalue weighted by Crippen LogP contribution is 2.23. The van der Waals surface area contributed by atoms with Gasteiger partial charge < -0.3 is 0 Å². The van der Waals surface area contributed by atoms with E-state index in [0.717, 1.165) is 12.1 Å². The van der Waals surface area contributed by atoms with Gasteiger partial charge in [-0.1, -0.05) is 18.2 Å². The summed E-state index contributed by atoms with van der Waals surface area (Å²) in [6, 6.07) is 9.83. The Morgan fingerprint density at radius 3 is 2.12 bits per heavy atom. The molecule has 0 heterocycles. The SMILES string of the molecule is O=S(=O)(c1ccccc1)c1ccc(F)cc1F. The lowest BCUT2D eigenvalue weighted by atomic mass is 10.3. The normalized spacial score (nSPS) is 11.4. The van der Waals surface area contributed by atoms with Crippen LogP contribution in [0.5, 0.6) is 0 Å². The van der Waals surface area contributed by atoms with Crippen LogP contribution in [0.15, 0.2) is 58.3 Å². The van der Waals surface area contributed by atoms with Gasteiger partial charge in [0.15, 0.2) is 0 Å². The van der Waals surface area contributed by atoms with Crippen molar-refractivity contribution < 1.29 is 17.2 Å². The number of halogens is 2. The van der Waals surface area contributed by atoms with Crippen LogP contribution in [-0.4, -0.2) is 8.42 Å². The predicted molar refractivity (Wildman–Crippen MR) is 58.3 cm³/mol. The number of sulfone groups is 1. The number of hydrogen-bond acceptors (Lipinski definition) is 2. The number of benzene rings is 2. The van der Waals surface area contributed by atoms with Crippen molar-refractivity contribution >= 4 is 9.84 Å². The Bertz CT molecular complexity index is 637. The predicted octanol–water partition coefficient (Wildman–Crippen LogP) is 2.80. The van der Waals surface area contributed by atoms with Gasteiger partial charge in [-0.25, -0.2) is 17.2 Å². The molecule has 0 aromatic heterocycles. The topological polar surface area (TPSA) is 34.1 Å². The van der Waals surface area contributed by atoms with Gasteiger partial charge in [0.2, 0.25) is 9.84 Å². The van der Waals surface area contributed by atoms with E-state index in [4.69, 9.17) is 0 Å². The molecule has 0 saturated carbocycles. The molecule has 0 spiro atoms. The summed E-state index contributed by atoms with van der Waals surface area (Å²) in [4.78, 5) is -0.546. The van der Waals surface area contributed by atoms with Crippen molar-refractivity contribution in [2.45, 2.75) is 9.79 Å². The molecule has 2 aromatic carbocycles. The van der Waals surface area contributed by atoms with Crippen LogP contribution in [-0.2, 0) is 9.84 Å². The van der Waals surface area contributed by atoms with Crippen molar-refractivity contribution in [1.29, 1.82) is 0 Å². The zero-order chi connectivity index (χ0) is 12.5. The summed E-state index contributed by atoms with van der Waals surface area (Å²) in [5.41, 5.74) is 0. The molecular weight excluding hydrogens is 246 g/mol. The lowest BCUT2D eigenvalue weighted by molar-refractivity contribution is 0.549. The van der Waals surface area contributed by atoms with E-state index in [1.807, 2.05) is 0 Å². The van der Waals surface area contributed by atoms with E-state index >= 15 is 0 Å². The molecular formula is C12H8F2O2S. The van der Waals surface area contributed by atoms with E-state index < -0.39 is 26.4 Å². The smallest absolute Gasteiger partial charge is 0.209 e. The number of rotatable bonds is 2. The summed E-state index contributed by atoms with van der Waals surface area (Å²) in [7, 11) is -3.93. The van der Waals surface area contributed by atoms with Gasteiger partial charge in [-0.05, 0) is 24.3 Å². The first-order chi connectivity index (χ1) is 8.01. The maximum Gasteiger partial charge on any atom is 0.209 e. The van der Waals surface area contributed by atoms with Gasteiger partial charge in [-0.2, -0.15) is 0 Å². The molecule has 2 rings (SSSR count). The molecule has 88 valence electrons. The van der Waals surface area contributed by atoms with Gasteiger partial charge in [0.05, 0.1) is 4.90 Å². The average molecular weight is 254 g/mol. The van der Waals surface area contributed by atoms with Crippen molar-refractivity contribution in [3.05, 3.63) is 60.2 Å². The molecule has 5 heteroatoms. The van der Waals surface area contributed by atoms with Crippen LogP contribution in [0.25, 0.3) is 0 Å². The second-order valence-electron chi connectivity index (χ2n) is 3.39. The molecule has 0 aliphatic carbocycles. The Labute approximate surface area is 97.4 Å². The van der Waals surface area contributed by atoms with E-state index in [0.29, 0.717) is 6.07 Å². The van der Waals surface area contributed by atoms with Crippen molar-refractivity contribution in [1.82, 2.24) is 0 Å². The molecule has 0 aliphatic heterocycles. The summed E-state index contributed by atoms with van der Waals surface area (Å²) in [5, 5.41) is 0. The van der Waals surface area contributed by atoms with Gasteiger partial charge >= 0.3 is 0 Å². The third-order valence-electron chi connectivity index (χ3n) is 2.24. The molecule has 0 bridgehead atoms. The van der Waals surface area contributed by atoms with Crippen molar-refractivity contribution in [2.24, 2.45) is 0 Å². The first-order valence-electron chi connectivity index (χ1n) is 4.77. The molecule has 0 fully saturated rings. The van der Waals surface area contributed by atoms with Gasteiger partial charge in [0.1, 0.15) is 16.5 Å². The minimum atomic E-state index is -3.93. The molecule has 0 saturated heterocycles. The van der Waals surface area contributed by atoms with Crippen LogP contribution in [0.4, 0.5) is 8.78 Å². The lowest BCUT2D eigenvalue weighted by Crippen LogP contribution is -2.04. The second-order valence-corrected chi connectivity index (χ2v) is 5.31. The van der Waals surface area contributed by atoms with E-state index in [1.54, 1.807) is 6.07 Å². The zero-order valence-electron chi connectivity index (χ0n) is 8.60. The minimum absolute atomic E-state index is 0.0227. The van der Waals surface area contributed by atoms with Crippen LogP contribution < -0.4 is 0 Å². The highest BCUT2D eigenvalue weighted by atomic mass is 32.2. The Morgan fingerprint density at radius 2 is 1.53 bits per heavy atom. The van der Waals surface area contributed by atoms with Crippen LogP contribution in [0.3, 0.4) is 0 Å². The molecule has 0 unspecified atom stereocenters. The monoisotopic (exact) mass is 254 g/mol. The molecule has 0 radical (unpaired) electrons. The van der Waals surface area contributed by atoms with Gasteiger partial charge in [-0.3, -0.25) is 0 Å². The molecule has 17 heavy (non-hydrogen) atoms. The van der Waals surface area contributed by atoms with Crippen molar-refractivity contribution in [3.8, 4) is 0 Å². The Balaban J connectivity index is 2.61. The maximum atomic E-state index is 13.4. The minimum Gasteiger partial charge on any atom is -0.218 e. The van der Waals surface area contributed by atoms with Crippen molar-refractivity contribution in [3.63, 3.8) is 0 Å². The fraction of sp³-hybridized carbons (Fsp3) is 0. The Hall–Kier alpha value is -1.75. The third kappa shape index (κ3) is 2.19. The van der Waals surface area contributed by atoms with E-state index in [1.165, 1.54) is 24.3 Å². The Morgan fingerprint density at radius 1 is 0.882 bits per heavy atom. The standard InChI is InChI=1S/C12H8F2O2S/c13-9-6-7-12(11(14)8-9)17(15,16)10-4-2-1-3-5-10/h1-8H. The van der Waals surface area contributed by atoms with Gasteiger partial charge in [0.25, 0.3) is 0 Å². The fourth-order valence-electron chi connectivity index (χ4n) is 1.42. The van der Waals surface area contributed by atoms with Crippen LogP contribution in [0.2, 0.25) is 0 Å². The highest BCUT2D eigenvalue weighted by molar-refractivity contribution is 7.91. The van der Waals surface area contributed by atoms with Crippen molar-refractivity contribution in [2.75, 3.05) is 0 Å². The molecule has 0 aliphatic rings. The summed E-state index contributed by atoms with van der Waals surface area (Å²) < 4.78 is 50.1. The van der Waals surface area contributed by atoms with Crippen LogP contribution in [0.1, 0.15) is 0 Å². The number of hydrogen-bond donors (Lipinski definition) is 0. The van der Waals surface area contributed by atoms with E-state index in [2.05, 4.69) is 0 Å². The van der Waals surface area contributed by atoms with Gasteiger partial charge in [-0.15, -0.1) is 0 Å². The second kappa shape index (κ2) is 4.25. The first kappa shape index (κ1) is 11.7. The third-order valence-corrected chi connectivity index (χ3v) is 4.04. The molecule has 0 N–H and O–H groups in total. The molecule has 0 atom stereocenters. The lowest BCUT2D eigenvalue weighted by Gasteiger charge is -2.05. The fourth-order valence-corrected chi connectivity index (χ4v) is 2.75. The van der Waals surface area contributed by atoms with E-state index in [9.17, 15) is 17.2 Å². The van der Waals surface area contributed by atoms with Gasteiger partial charge in [0, 0.05) is 6.07 Å². The summed E-state index contributed by atoms with van der Waals surface area (Å²) in [6.45, 7) is 0. The summed E-state index contributed by atoms with van der Waals surface area (Å²) in [6.07, 6.45) is 0. The first-order valence-corrected chi connectivity index (χ1v) is 6.25. The molecule has 2 nitrogen and oxygen atoms in total. The van der Waals surface area contributed by atoms with Crippen LogP contribution in [0, 0.1) is 11.6 Å². The highest BCUT2D eigenvalue weighted by Gasteiger charge is 2.21. The maximum absolute atomic E-state index is 13.4. The largest absolute Gasteiger partial charge is 0.218 e. The average Bonchev–Trinajstić information content (AvgIpc) is 2.29.